The minimum atomic E-state index is -0.699. The Bertz CT molecular complexity index is 808. The summed E-state index contributed by atoms with van der Waals surface area (Å²) in [6, 6.07) is 13.4. The topological polar surface area (TPSA) is 82.0 Å². The number of thiophene rings is 1. The van der Waals surface area contributed by atoms with Gasteiger partial charge >= 0.3 is 0 Å². The molecule has 0 spiro atoms. The maximum absolute atomic E-state index is 13.0. The second-order valence-corrected chi connectivity index (χ2v) is 8.20. The van der Waals surface area contributed by atoms with Crippen molar-refractivity contribution in [3.8, 4) is 6.07 Å². The highest BCUT2D eigenvalue weighted by Crippen LogP contribution is 2.28. The van der Waals surface area contributed by atoms with Gasteiger partial charge in [-0.05, 0) is 35.9 Å². The summed E-state index contributed by atoms with van der Waals surface area (Å²) in [6.45, 7) is 0. The van der Waals surface area contributed by atoms with E-state index in [1.54, 1.807) is 24.3 Å². The third kappa shape index (κ3) is 5.43. The van der Waals surface area contributed by atoms with Crippen LogP contribution in [0.1, 0.15) is 59.8 Å². The van der Waals surface area contributed by atoms with Crippen LogP contribution in [0.4, 0.5) is 0 Å². The summed E-state index contributed by atoms with van der Waals surface area (Å²) in [4.78, 5) is 26.4. The number of carbonyl (C=O) groups excluding carboxylic acids is 2. The summed E-state index contributed by atoms with van der Waals surface area (Å²) >= 11 is 1.43. The van der Waals surface area contributed by atoms with Gasteiger partial charge in [0.05, 0.1) is 6.07 Å². The van der Waals surface area contributed by atoms with E-state index in [1.807, 2.05) is 23.6 Å². The number of amides is 2. The van der Waals surface area contributed by atoms with E-state index in [2.05, 4.69) is 16.7 Å². The van der Waals surface area contributed by atoms with E-state index in [9.17, 15) is 14.9 Å². The normalized spacial score (nSPS) is 16.5. The minimum absolute atomic E-state index is 0.263. The molecule has 3 rings (SSSR count). The Kier molecular flexibility index (Phi) is 7.21. The Labute approximate surface area is 169 Å². The zero-order valence-electron chi connectivity index (χ0n) is 15.8. The molecule has 146 valence electrons. The zero-order chi connectivity index (χ0) is 19.8. The highest BCUT2D eigenvalue weighted by atomic mass is 32.1. The Hall–Kier alpha value is -2.65. The van der Waals surface area contributed by atoms with Crippen LogP contribution in [-0.4, -0.2) is 17.9 Å². The van der Waals surface area contributed by atoms with Crippen molar-refractivity contribution in [1.82, 2.24) is 10.6 Å². The van der Waals surface area contributed by atoms with E-state index >= 15 is 0 Å². The number of hydrogen-bond donors (Lipinski definition) is 2. The lowest BCUT2D eigenvalue weighted by atomic mass is 9.84. The van der Waals surface area contributed by atoms with Gasteiger partial charge in [-0.25, -0.2) is 0 Å². The summed E-state index contributed by atoms with van der Waals surface area (Å²) in [5.74, 6) is -0.140. The minimum Gasteiger partial charge on any atom is -0.340 e. The van der Waals surface area contributed by atoms with Crippen molar-refractivity contribution < 1.29 is 9.59 Å². The average Bonchev–Trinajstić information content (AvgIpc) is 3.27. The fraction of sp³-hybridized carbons (Fsp3) is 0.409. The van der Waals surface area contributed by atoms with Gasteiger partial charge in [0.15, 0.2) is 6.04 Å². The quantitative estimate of drug-likeness (QED) is 0.737. The standard InChI is InChI=1S/C22H25N3O2S/c23-15-19(20-12-7-13-28-20)25-22(27)18(14-16-8-3-1-4-9-16)24-21(26)17-10-5-2-6-11-17/h2,5-7,10-13,16,18-19H,1,3-4,8-9,14H2,(H,24,26)(H,25,27)/t18-,19?/m0/s1. The van der Waals surface area contributed by atoms with Crippen LogP contribution in [0.15, 0.2) is 47.8 Å². The lowest BCUT2D eigenvalue weighted by Crippen LogP contribution is -2.48. The smallest absolute Gasteiger partial charge is 0.251 e. The number of carbonyl (C=O) groups is 2. The van der Waals surface area contributed by atoms with E-state index in [0.29, 0.717) is 17.9 Å². The van der Waals surface area contributed by atoms with Crippen molar-refractivity contribution >= 4 is 23.2 Å². The molecule has 1 heterocycles. The molecule has 1 aromatic heterocycles. The summed E-state index contributed by atoms with van der Waals surface area (Å²) in [7, 11) is 0. The van der Waals surface area contributed by atoms with Crippen LogP contribution in [0.25, 0.3) is 0 Å². The van der Waals surface area contributed by atoms with Crippen molar-refractivity contribution in [2.24, 2.45) is 5.92 Å². The van der Waals surface area contributed by atoms with Gasteiger partial charge in [-0.2, -0.15) is 5.26 Å². The van der Waals surface area contributed by atoms with Gasteiger partial charge in [-0.15, -0.1) is 11.3 Å². The fourth-order valence-electron chi connectivity index (χ4n) is 3.68. The molecule has 1 fully saturated rings. The maximum Gasteiger partial charge on any atom is 0.251 e. The van der Waals surface area contributed by atoms with Crippen molar-refractivity contribution in [3.05, 3.63) is 58.3 Å². The Morgan fingerprint density at radius 3 is 2.46 bits per heavy atom. The average molecular weight is 396 g/mol. The van der Waals surface area contributed by atoms with Gasteiger partial charge in [0.25, 0.3) is 5.91 Å². The van der Waals surface area contributed by atoms with Crippen molar-refractivity contribution in [2.45, 2.75) is 50.6 Å². The molecule has 1 aliphatic carbocycles. The molecule has 1 unspecified atom stereocenters. The number of nitrogens with zero attached hydrogens (tertiary/aromatic N) is 1. The predicted molar refractivity (Wildman–Crippen MR) is 110 cm³/mol. The lowest BCUT2D eigenvalue weighted by Gasteiger charge is -2.27. The Morgan fingerprint density at radius 1 is 1.07 bits per heavy atom. The second-order valence-electron chi connectivity index (χ2n) is 7.22. The van der Waals surface area contributed by atoms with E-state index in [4.69, 9.17) is 0 Å². The van der Waals surface area contributed by atoms with E-state index < -0.39 is 12.1 Å². The molecule has 0 saturated heterocycles. The van der Waals surface area contributed by atoms with Crippen LogP contribution in [0.3, 0.4) is 0 Å². The highest BCUT2D eigenvalue weighted by Gasteiger charge is 2.28. The first-order valence-electron chi connectivity index (χ1n) is 9.76. The summed E-state index contributed by atoms with van der Waals surface area (Å²) < 4.78 is 0. The van der Waals surface area contributed by atoms with Crippen molar-refractivity contribution in [3.63, 3.8) is 0 Å². The van der Waals surface area contributed by atoms with E-state index in [0.717, 1.165) is 17.7 Å². The molecular formula is C22H25N3O2S. The number of rotatable bonds is 7. The van der Waals surface area contributed by atoms with Crippen LogP contribution in [0.5, 0.6) is 0 Å². The number of benzene rings is 1. The van der Waals surface area contributed by atoms with Crippen LogP contribution in [0.2, 0.25) is 0 Å². The molecule has 28 heavy (non-hydrogen) atoms. The summed E-state index contributed by atoms with van der Waals surface area (Å²) in [5, 5.41) is 17.1. The molecule has 2 atom stereocenters. The van der Waals surface area contributed by atoms with Gasteiger partial charge < -0.3 is 10.6 Å². The molecule has 0 bridgehead atoms. The van der Waals surface area contributed by atoms with Gasteiger partial charge in [-0.1, -0.05) is 56.4 Å². The molecule has 0 radical (unpaired) electrons. The molecule has 5 nitrogen and oxygen atoms in total. The molecule has 2 amide bonds. The van der Waals surface area contributed by atoms with Gasteiger partial charge in [-0.3, -0.25) is 9.59 Å². The van der Waals surface area contributed by atoms with E-state index in [-0.39, 0.29) is 11.8 Å². The molecule has 1 aromatic carbocycles. The SMILES string of the molecule is N#CC(NC(=O)[C@H](CC1CCCCC1)NC(=O)c1ccccc1)c1cccs1. The van der Waals surface area contributed by atoms with Crippen molar-refractivity contribution in [2.75, 3.05) is 0 Å². The first-order valence-corrected chi connectivity index (χ1v) is 10.6. The first kappa shape index (κ1) is 20.1. The zero-order valence-corrected chi connectivity index (χ0v) is 16.6. The van der Waals surface area contributed by atoms with Crippen LogP contribution in [-0.2, 0) is 4.79 Å². The van der Waals surface area contributed by atoms with Crippen LogP contribution < -0.4 is 10.6 Å². The molecule has 1 aliphatic rings. The largest absolute Gasteiger partial charge is 0.340 e. The maximum atomic E-state index is 13.0. The first-order chi connectivity index (χ1) is 13.7. The van der Waals surface area contributed by atoms with Crippen LogP contribution >= 0.6 is 11.3 Å². The molecule has 0 aliphatic heterocycles. The van der Waals surface area contributed by atoms with Gasteiger partial charge in [0.2, 0.25) is 5.91 Å². The Balaban J connectivity index is 1.71. The molecule has 2 aromatic rings. The van der Waals surface area contributed by atoms with Crippen LogP contribution in [0, 0.1) is 17.2 Å². The van der Waals surface area contributed by atoms with E-state index in [1.165, 1.54) is 30.6 Å². The molecule has 6 heteroatoms. The highest BCUT2D eigenvalue weighted by molar-refractivity contribution is 7.10. The molecular weight excluding hydrogens is 370 g/mol. The Morgan fingerprint density at radius 2 is 1.82 bits per heavy atom. The number of nitriles is 1. The third-order valence-corrected chi connectivity index (χ3v) is 6.13. The summed E-state index contributed by atoms with van der Waals surface area (Å²) in [5.41, 5.74) is 0.527. The van der Waals surface area contributed by atoms with Gasteiger partial charge in [0, 0.05) is 10.4 Å². The predicted octanol–water partition coefficient (Wildman–Crippen LogP) is 4.20. The fourth-order valence-corrected chi connectivity index (χ4v) is 4.40. The molecule has 1 saturated carbocycles. The molecule has 2 N–H and O–H groups in total. The number of hydrogen-bond acceptors (Lipinski definition) is 4. The summed E-state index contributed by atoms with van der Waals surface area (Å²) in [6.07, 6.45) is 6.34. The second kappa shape index (κ2) is 10.0. The lowest BCUT2D eigenvalue weighted by molar-refractivity contribution is -0.123. The van der Waals surface area contributed by atoms with Gasteiger partial charge in [0.1, 0.15) is 6.04 Å². The third-order valence-electron chi connectivity index (χ3n) is 5.19. The van der Waals surface area contributed by atoms with Crippen molar-refractivity contribution in [1.29, 1.82) is 5.26 Å². The number of nitrogens with one attached hydrogen (secondary N) is 2. The monoisotopic (exact) mass is 395 g/mol.